The Morgan fingerprint density at radius 1 is 0.889 bits per heavy atom. The minimum Gasteiger partial charge on any atom is -0.299 e. The maximum Gasteiger partial charge on any atom is 0.0385 e. The molecule has 0 aromatic heterocycles. The van der Waals surface area contributed by atoms with E-state index in [-0.39, 0.29) is 0 Å². The van der Waals surface area contributed by atoms with Gasteiger partial charge in [0.25, 0.3) is 0 Å². The Bertz CT molecular complexity index is 450. The molecule has 0 amide bonds. The van der Waals surface area contributed by atoms with E-state index < -0.39 is 0 Å². The fourth-order valence-electron chi connectivity index (χ4n) is 2.26. The Hall–Kier alpha value is -1.60. The SMILES string of the molecule is CCN(C)[C@H](Cc1ccccc1)c1ccccc1. The van der Waals surface area contributed by atoms with Crippen LogP contribution < -0.4 is 0 Å². The third kappa shape index (κ3) is 3.21. The van der Waals surface area contributed by atoms with E-state index in [1.165, 1.54) is 11.1 Å². The molecule has 0 heterocycles. The summed E-state index contributed by atoms with van der Waals surface area (Å²) in [7, 11) is 2.20. The topological polar surface area (TPSA) is 3.24 Å². The van der Waals surface area contributed by atoms with E-state index >= 15 is 0 Å². The van der Waals surface area contributed by atoms with Crippen molar-refractivity contribution in [2.24, 2.45) is 0 Å². The molecule has 0 bridgehead atoms. The lowest BCUT2D eigenvalue weighted by atomic mass is 9.98. The van der Waals surface area contributed by atoms with Crippen molar-refractivity contribution < 1.29 is 0 Å². The van der Waals surface area contributed by atoms with Gasteiger partial charge in [0.15, 0.2) is 0 Å². The summed E-state index contributed by atoms with van der Waals surface area (Å²) in [4.78, 5) is 2.41. The Morgan fingerprint density at radius 2 is 1.44 bits per heavy atom. The van der Waals surface area contributed by atoms with E-state index in [0.29, 0.717) is 6.04 Å². The van der Waals surface area contributed by atoms with Gasteiger partial charge in [-0.1, -0.05) is 67.6 Å². The number of rotatable bonds is 5. The Kier molecular flexibility index (Phi) is 4.54. The molecule has 1 atom stereocenters. The Balaban J connectivity index is 2.21. The molecule has 0 unspecified atom stereocenters. The highest BCUT2D eigenvalue weighted by molar-refractivity contribution is 5.23. The van der Waals surface area contributed by atoms with Crippen LogP contribution in [0.5, 0.6) is 0 Å². The molecule has 2 aromatic carbocycles. The second kappa shape index (κ2) is 6.36. The zero-order valence-corrected chi connectivity index (χ0v) is 11.2. The molecular weight excluding hydrogens is 218 g/mol. The molecule has 2 aromatic rings. The molecular formula is C17H21N. The lowest BCUT2D eigenvalue weighted by Crippen LogP contribution is -2.26. The van der Waals surface area contributed by atoms with Crippen molar-refractivity contribution in [1.29, 1.82) is 0 Å². The van der Waals surface area contributed by atoms with Gasteiger partial charge < -0.3 is 0 Å². The predicted octanol–water partition coefficient (Wildman–Crippen LogP) is 3.92. The molecule has 0 fully saturated rings. The van der Waals surface area contributed by atoms with Gasteiger partial charge in [0.1, 0.15) is 0 Å². The number of hydrogen-bond donors (Lipinski definition) is 0. The van der Waals surface area contributed by atoms with Crippen molar-refractivity contribution >= 4 is 0 Å². The fourth-order valence-corrected chi connectivity index (χ4v) is 2.26. The summed E-state index contributed by atoms with van der Waals surface area (Å²) >= 11 is 0. The van der Waals surface area contributed by atoms with Gasteiger partial charge in [-0.25, -0.2) is 0 Å². The minimum atomic E-state index is 0.457. The molecule has 18 heavy (non-hydrogen) atoms. The number of likely N-dealkylation sites (N-methyl/N-ethyl adjacent to an activating group) is 1. The van der Waals surface area contributed by atoms with Crippen LogP contribution in [0.2, 0.25) is 0 Å². The first-order chi connectivity index (χ1) is 8.81. The number of hydrogen-bond acceptors (Lipinski definition) is 1. The highest BCUT2D eigenvalue weighted by Gasteiger charge is 2.15. The molecule has 0 aliphatic carbocycles. The van der Waals surface area contributed by atoms with Crippen molar-refractivity contribution in [3.05, 3.63) is 71.8 Å². The zero-order chi connectivity index (χ0) is 12.8. The van der Waals surface area contributed by atoms with Crippen LogP contribution >= 0.6 is 0 Å². The van der Waals surface area contributed by atoms with E-state index in [2.05, 4.69) is 79.5 Å². The largest absolute Gasteiger partial charge is 0.299 e. The summed E-state index contributed by atoms with van der Waals surface area (Å²) in [6, 6.07) is 21.9. The van der Waals surface area contributed by atoms with E-state index in [4.69, 9.17) is 0 Å². The first-order valence-corrected chi connectivity index (χ1v) is 6.60. The average molecular weight is 239 g/mol. The van der Waals surface area contributed by atoms with Crippen LogP contribution in [0.3, 0.4) is 0 Å². The van der Waals surface area contributed by atoms with Gasteiger partial charge in [-0.15, -0.1) is 0 Å². The maximum atomic E-state index is 2.41. The molecule has 2 rings (SSSR count). The second-order valence-electron chi connectivity index (χ2n) is 4.69. The molecule has 0 aliphatic rings. The summed E-state index contributed by atoms with van der Waals surface area (Å²) < 4.78 is 0. The van der Waals surface area contributed by atoms with Gasteiger partial charge in [0.2, 0.25) is 0 Å². The van der Waals surface area contributed by atoms with Gasteiger partial charge in [-0.3, -0.25) is 4.90 Å². The minimum absolute atomic E-state index is 0.457. The van der Waals surface area contributed by atoms with Gasteiger partial charge in [-0.2, -0.15) is 0 Å². The van der Waals surface area contributed by atoms with Crippen LogP contribution in [-0.4, -0.2) is 18.5 Å². The van der Waals surface area contributed by atoms with Crippen LogP contribution in [0.4, 0.5) is 0 Å². The smallest absolute Gasteiger partial charge is 0.0385 e. The standard InChI is InChI=1S/C17H21N/c1-3-18(2)17(16-12-8-5-9-13-16)14-15-10-6-4-7-11-15/h4-13,17H,3,14H2,1-2H3/t17-/m1/s1. The van der Waals surface area contributed by atoms with Crippen molar-refractivity contribution in [3.8, 4) is 0 Å². The van der Waals surface area contributed by atoms with Crippen molar-refractivity contribution in [3.63, 3.8) is 0 Å². The molecule has 1 nitrogen and oxygen atoms in total. The van der Waals surface area contributed by atoms with E-state index in [1.807, 2.05) is 0 Å². The van der Waals surface area contributed by atoms with Gasteiger partial charge >= 0.3 is 0 Å². The molecule has 0 saturated carbocycles. The monoisotopic (exact) mass is 239 g/mol. The first-order valence-electron chi connectivity index (χ1n) is 6.60. The molecule has 0 saturated heterocycles. The highest BCUT2D eigenvalue weighted by Crippen LogP contribution is 2.23. The van der Waals surface area contributed by atoms with Crippen LogP contribution in [0.1, 0.15) is 24.1 Å². The third-order valence-corrected chi connectivity index (χ3v) is 3.49. The summed E-state index contributed by atoms with van der Waals surface area (Å²) in [5.74, 6) is 0. The summed E-state index contributed by atoms with van der Waals surface area (Å²) in [5.41, 5.74) is 2.79. The molecule has 0 aliphatic heterocycles. The van der Waals surface area contributed by atoms with E-state index in [0.717, 1.165) is 13.0 Å². The van der Waals surface area contributed by atoms with Crippen LogP contribution in [-0.2, 0) is 6.42 Å². The van der Waals surface area contributed by atoms with Gasteiger partial charge in [0, 0.05) is 6.04 Å². The maximum absolute atomic E-state index is 2.41. The summed E-state index contributed by atoms with van der Waals surface area (Å²) in [5, 5.41) is 0. The number of nitrogens with zero attached hydrogens (tertiary/aromatic N) is 1. The lowest BCUT2D eigenvalue weighted by Gasteiger charge is -2.27. The van der Waals surface area contributed by atoms with Crippen LogP contribution in [0, 0.1) is 0 Å². The second-order valence-corrected chi connectivity index (χ2v) is 4.69. The Morgan fingerprint density at radius 3 is 2.00 bits per heavy atom. The molecule has 0 spiro atoms. The normalized spacial score (nSPS) is 12.6. The van der Waals surface area contributed by atoms with Crippen molar-refractivity contribution in [2.75, 3.05) is 13.6 Å². The van der Waals surface area contributed by atoms with Crippen molar-refractivity contribution in [2.45, 2.75) is 19.4 Å². The van der Waals surface area contributed by atoms with E-state index in [9.17, 15) is 0 Å². The molecule has 0 N–H and O–H groups in total. The predicted molar refractivity (Wildman–Crippen MR) is 77.6 cm³/mol. The summed E-state index contributed by atoms with van der Waals surface area (Å²) in [6.45, 7) is 3.27. The quantitative estimate of drug-likeness (QED) is 0.764. The molecule has 0 radical (unpaired) electrons. The highest BCUT2D eigenvalue weighted by atomic mass is 15.1. The van der Waals surface area contributed by atoms with Crippen LogP contribution in [0.25, 0.3) is 0 Å². The van der Waals surface area contributed by atoms with E-state index in [1.54, 1.807) is 0 Å². The lowest BCUT2D eigenvalue weighted by molar-refractivity contribution is 0.256. The van der Waals surface area contributed by atoms with Crippen LogP contribution in [0.15, 0.2) is 60.7 Å². The summed E-state index contributed by atoms with van der Waals surface area (Å²) in [6.07, 6.45) is 1.06. The van der Waals surface area contributed by atoms with Crippen molar-refractivity contribution in [1.82, 2.24) is 4.90 Å². The Labute approximate surface area is 110 Å². The third-order valence-electron chi connectivity index (χ3n) is 3.49. The fraction of sp³-hybridized carbons (Fsp3) is 0.294. The number of benzene rings is 2. The first kappa shape index (κ1) is 12.8. The van der Waals surface area contributed by atoms with Gasteiger partial charge in [-0.05, 0) is 31.1 Å². The molecule has 1 heteroatoms. The van der Waals surface area contributed by atoms with Gasteiger partial charge in [0.05, 0.1) is 0 Å². The average Bonchev–Trinajstić information content (AvgIpc) is 2.46. The zero-order valence-electron chi connectivity index (χ0n) is 11.2. The molecule has 94 valence electrons.